The van der Waals surface area contributed by atoms with Crippen LogP contribution in [-0.2, 0) is 9.59 Å². The van der Waals surface area contributed by atoms with Crippen LogP contribution in [0.3, 0.4) is 0 Å². The number of hydrogen-bond donors (Lipinski definition) is 1. The molecule has 2 saturated heterocycles. The van der Waals surface area contributed by atoms with Crippen LogP contribution in [0.15, 0.2) is 30.3 Å². The summed E-state index contributed by atoms with van der Waals surface area (Å²) in [5, 5.41) is 3.24. The maximum atomic E-state index is 12.5. The Morgan fingerprint density at radius 1 is 1.29 bits per heavy atom. The van der Waals surface area contributed by atoms with E-state index in [1.165, 1.54) is 0 Å². The van der Waals surface area contributed by atoms with Crippen molar-refractivity contribution in [2.45, 2.75) is 24.9 Å². The van der Waals surface area contributed by atoms with E-state index in [-0.39, 0.29) is 30.4 Å². The number of likely N-dealkylation sites (N-methyl/N-ethyl adjacent to an activating group) is 1. The Bertz CT molecular complexity index is 532. The highest BCUT2D eigenvalue weighted by atomic mass is 16.2. The van der Waals surface area contributed by atoms with E-state index in [2.05, 4.69) is 5.32 Å². The molecular formula is C16H21N3O2. The first-order chi connectivity index (χ1) is 10.2. The number of amides is 2. The Labute approximate surface area is 124 Å². The zero-order chi connectivity index (χ0) is 14.8. The molecule has 0 aliphatic carbocycles. The molecule has 2 heterocycles. The minimum absolute atomic E-state index is 0.0518. The van der Waals surface area contributed by atoms with E-state index in [4.69, 9.17) is 0 Å². The standard InChI is InChI=1S/C16H21N3O2/c1-17-13(12-6-3-2-4-7-12)10-18-11-15(20)19-9-5-8-14(19)16(18)21/h2-4,6-7,13-14,17H,5,8-11H2,1H3. The molecule has 2 aliphatic heterocycles. The van der Waals surface area contributed by atoms with Gasteiger partial charge < -0.3 is 15.1 Å². The van der Waals surface area contributed by atoms with Crippen molar-refractivity contribution in [1.82, 2.24) is 15.1 Å². The van der Waals surface area contributed by atoms with Gasteiger partial charge in [0.25, 0.3) is 0 Å². The summed E-state index contributed by atoms with van der Waals surface area (Å²) < 4.78 is 0. The van der Waals surface area contributed by atoms with Gasteiger partial charge in [0.2, 0.25) is 11.8 Å². The largest absolute Gasteiger partial charge is 0.330 e. The number of piperazine rings is 1. The molecule has 1 N–H and O–H groups in total. The minimum atomic E-state index is -0.223. The highest BCUT2D eigenvalue weighted by molar-refractivity contribution is 5.95. The topological polar surface area (TPSA) is 52.7 Å². The zero-order valence-electron chi connectivity index (χ0n) is 12.3. The van der Waals surface area contributed by atoms with Crippen molar-refractivity contribution in [2.24, 2.45) is 0 Å². The van der Waals surface area contributed by atoms with Crippen molar-refractivity contribution in [3.63, 3.8) is 0 Å². The van der Waals surface area contributed by atoms with Crippen molar-refractivity contribution in [1.29, 1.82) is 0 Å². The molecule has 1 aromatic carbocycles. The first-order valence-electron chi connectivity index (χ1n) is 7.51. The molecule has 1 aromatic rings. The maximum Gasteiger partial charge on any atom is 0.245 e. The molecule has 2 atom stereocenters. The van der Waals surface area contributed by atoms with Crippen LogP contribution in [0.2, 0.25) is 0 Å². The zero-order valence-corrected chi connectivity index (χ0v) is 12.3. The molecule has 2 fully saturated rings. The Morgan fingerprint density at radius 2 is 2.05 bits per heavy atom. The summed E-state index contributed by atoms with van der Waals surface area (Å²) in [7, 11) is 1.88. The van der Waals surface area contributed by atoms with E-state index >= 15 is 0 Å². The number of nitrogens with zero attached hydrogens (tertiary/aromatic N) is 2. The van der Waals surface area contributed by atoms with Gasteiger partial charge in [-0.15, -0.1) is 0 Å². The van der Waals surface area contributed by atoms with E-state index in [0.717, 1.165) is 24.9 Å². The SMILES string of the molecule is CNC(CN1CC(=O)N2CCCC2C1=O)c1ccccc1. The maximum absolute atomic E-state index is 12.5. The summed E-state index contributed by atoms with van der Waals surface area (Å²) in [5.74, 6) is 0.184. The molecule has 2 unspecified atom stereocenters. The first-order valence-corrected chi connectivity index (χ1v) is 7.51. The molecule has 0 aromatic heterocycles. The van der Waals surface area contributed by atoms with Crippen LogP contribution in [0.5, 0.6) is 0 Å². The molecule has 0 saturated carbocycles. The molecule has 0 radical (unpaired) electrons. The van der Waals surface area contributed by atoms with Crippen molar-refractivity contribution < 1.29 is 9.59 Å². The van der Waals surface area contributed by atoms with Gasteiger partial charge in [-0.2, -0.15) is 0 Å². The van der Waals surface area contributed by atoms with Crippen LogP contribution < -0.4 is 5.32 Å². The molecule has 112 valence electrons. The van der Waals surface area contributed by atoms with E-state index in [9.17, 15) is 9.59 Å². The lowest BCUT2D eigenvalue weighted by Crippen LogP contribution is -2.58. The molecule has 0 spiro atoms. The predicted octanol–water partition coefficient (Wildman–Crippen LogP) is 0.780. The molecule has 21 heavy (non-hydrogen) atoms. The Hall–Kier alpha value is -1.88. The number of nitrogens with one attached hydrogen (secondary N) is 1. The predicted molar refractivity (Wildman–Crippen MR) is 79.6 cm³/mol. The Morgan fingerprint density at radius 3 is 2.76 bits per heavy atom. The summed E-state index contributed by atoms with van der Waals surface area (Å²) in [5.41, 5.74) is 1.13. The molecule has 0 bridgehead atoms. The number of carbonyl (C=O) groups is 2. The van der Waals surface area contributed by atoms with Crippen LogP contribution in [0, 0.1) is 0 Å². The average molecular weight is 287 g/mol. The lowest BCUT2D eigenvalue weighted by molar-refractivity contribution is -0.153. The highest BCUT2D eigenvalue weighted by Crippen LogP contribution is 2.25. The Balaban J connectivity index is 1.74. The van der Waals surface area contributed by atoms with E-state index in [1.807, 2.05) is 37.4 Å². The summed E-state index contributed by atoms with van der Waals surface area (Å²) in [6, 6.07) is 9.86. The van der Waals surface area contributed by atoms with Gasteiger partial charge >= 0.3 is 0 Å². The van der Waals surface area contributed by atoms with Crippen LogP contribution >= 0.6 is 0 Å². The van der Waals surface area contributed by atoms with Gasteiger partial charge in [0.1, 0.15) is 6.04 Å². The summed E-state index contributed by atoms with van der Waals surface area (Å²) in [4.78, 5) is 28.1. The number of hydrogen-bond acceptors (Lipinski definition) is 3. The second kappa shape index (κ2) is 5.85. The van der Waals surface area contributed by atoms with Crippen LogP contribution in [-0.4, -0.2) is 54.3 Å². The first kappa shape index (κ1) is 14.1. The highest BCUT2D eigenvalue weighted by Gasteiger charge is 2.42. The average Bonchev–Trinajstić information content (AvgIpc) is 3.00. The monoisotopic (exact) mass is 287 g/mol. The van der Waals surface area contributed by atoms with Crippen LogP contribution in [0.4, 0.5) is 0 Å². The van der Waals surface area contributed by atoms with E-state index in [0.29, 0.717) is 6.54 Å². The normalized spacial score (nSPS) is 23.4. The number of carbonyl (C=O) groups excluding carboxylic acids is 2. The molecule has 2 aliphatic rings. The second-order valence-corrected chi connectivity index (χ2v) is 5.72. The summed E-state index contributed by atoms with van der Waals surface area (Å²) >= 11 is 0. The van der Waals surface area contributed by atoms with Crippen molar-refractivity contribution in [3.8, 4) is 0 Å². The van der Waals surface area contributed by atoms with Gasteiger partial charge in [-0.05, 0) is 25.5 Å². The Kier molecular flexibility index (Phi) is 3.92. The van der Waals surface area contributed by atoms with Crippen molar-refractivity contribution in [2.75, 3.05) is 26.7 Å². The quantitative estimate of drug-likeness (QED) is 0.890. The van der Waals surface area contributed by atoms with Gasteiger partial charge in [-0.3, -0.25) is 9.59 Å². The van der Waals surface area contributed by atoms with Gasteiger partial charge in [-0.1, -0.05) is 30.3 Å². The van der Waals surface area contributed by atoms with Crippen molar-refractivity contribution >= 4 is 11.8 Å². The van der Waals surface area contributed by atoms with Gasteiger partial charge in [0.05, 0.1) is 6.54 Å². The summed E-state index contributed by atoms with van der Waals surface area (Å²) in [6.07, 6.45) is 1.74. The van der Waals surface area contributed by atoms with Gasteiger partial charge in [-0.25, -0.2) is 0 Å². The fourth-order valence-electron chi connectivity index (χ4n) is 3.29. The molecule has 5 nitrogen and oxygen atoms in total. The summed E-state index contributed by atoms with van der Waals surface area (Å²) in [6.45, 7) is 1.48. The van der Waals surface area contributed by atoms with Crippen LogP contribution in [0.25, 0.3) is 0 Å². The lowest BCUT2D eigenvalue weighted by Gasteiger charge is -2.38. The molecule has 3 rings (SSSR count). The second-order valence-electron chi connectivity index (χ2n) is 5.72. The minimum Gasteiger partial charge on any atom is -0.330 e. The number of rotatable bonds is 4. The third-order valence-corrected chi connectivity index (χ3v) is 4.45. The fraction of sp³-hybridized carbons (Fsp3) is 0.500. The number of benzene rings is 1. The van der Waals surface area contributed by atoms with Gasteiger partial charge in [0.15, 0.2) is 0 Å². The van der Waals surface area contributed by atoms with E-state index < -0.39 is 0 Å². The molecule has 2 amide bonds. The molecular weight excluding hydrogens is 266 g/mol. The molecule has 5 heteroatoms. The van der Waals surface area contributed by atoms with Gasteiger partial charge in [0, 0.05) is 19.1 Å². The van der Waals surface area contributed by atoms with Crippen molar-refractivity contribution in [3.05, 3.63) is 35.9 Å². The fourth-order valence-corrected chi connectivity index (χ4v) is 3.29. The smallest absolute Gasteiger partial charge is 0.245 e. The van der Waals surface area contributed by atoms with E-state index in [1.54, 1.807) is 9.80 Å². The lowest BCUT2D eigenvalue weighted by atomic mass is 10.0. The third-order valence-electron chi connectivity index (χ3n) is 4.45. The van der Waals surface area contributed by atoms with Crippen LogP contribution in [0.1, 0.15) is 24.4 Å². The third kappa shape index (κ3) is 2.65. The number of fused-ring (bicyclic) bond motifs is 1.